The van der Waals surface area contributed by atoms with Crippen LogP contribution in [-0.4, -0.2) is 24.5 Å². The van der Waals surface area contributed by atoms with Gasteiger partial charge in [-0.05, 0) is 12.8 Å². The van der Waals surface area contributed by atoms with Crippen LogP contribution in [0.4, 0.5) is 8.78 Å². The average Bonchev–Trinajstić information content (AvgIpc) is 2.18. The first-order valence-electron chi connectivity index (χ1n) is 4.48. The Kier molecular flexibility index (Phi) is 5.56. The summed E-state index contributed by atoms with van der Waals surface area (Å²) in [4.78, 5) is 10.6. The van der Waals surface area contributed by atoms with Crippen LogP contribution in [0.1, 0.15) is 26.7 Å². The van der Waals surface area contributed by atoms with E-state index in [1.54, 1.807) is 0 Å². The smallest absolute Gasteiger partial charge is 0.348 e. The molecule has 14 heavy (non-hydrogen) atoms. The van der Waals surface area contributed by atoms with Crippen molar-refractivity contribution in [2.75, 3.05) is 6.61 Å². The van der Waals surface area contributed by atoms with Crippen molar-refractivity contribution in [2.24, 2.45) is 5.84 Å². The van der Waals surface area contributed by atoms with Crippen LogP contribution in [0.3, 0.4) is 0 Å². The van der Waals surface area contributed by atoms with Crippen LogP contribution in [-0.2, 0) is 9.53 Å². The molecule has 3 N–H and O–H groups in total. The van der Waals surface area contributed by atoms with Gasteiger partial charge in [0.05, 0.1) is 6.10 Å². The molecule has 0 saturated heterocycles. The van der Waals surface area contributed by atoms with Crippen molar-refractivity contribution < 1.29 is 18.3 Å². The van der Waals surface area contributed by atoms with Crippen molar-refractivity contribution >= 4 is 5.91 Å². The van der Waals surface area contributed by atoms with Gasteiger partial charge < -0.3 is 4.74 Å². The molecular formula is C8H16F2N2O2. The molecule has 0 spiro atoms. The summed E-state index contributed by atoms with van der Waals surface area (Å²) in [5.41, 5.74) is 1.40. The van der Waals surface area contributed by atoms with E-state index < -0.39 is 18.4 Å². The maximum atomic E-state index is 12.8. The molecule has 4 nitrogen and oxygen atoms in total. The van der Waals surface area contributed by atoms with E-state index in [2.05, 4.69) is 5.84 Å². The van der Waals surface area contributed by atoms with Crippen molar-refractivity contribution in [2.45, 2.75) is 38.7 Å². The summed E-state index contributed by atoms with van der Waals surface area (Å²) < 4.78 is 30.5. The van der Waals surface area contributed by atoms with Crippen molar-refractivity contribution in [3.05, 3.63) is 0 Å². The number of rotatable bonds is 6. The van der Waals surface area contributed by atoms with Crippen LogP contribution < -0.4 is 11.3 Å². The Bertz CT molecular complexity index is 184. The summed E-state index contributed by atoms with van der Waals surface area (Å²) in [6.45, 7) is 2.73. The molecule has 0 aliphatic heterocycles. The van der Waals surface area contributed by atoms with Gasteiger partial charge in [0.25, 0.3) is 0 Å². The van der Waals surface area contributed by atoms with Gasteiger partial charge in [-0.25, -0.2) is 5.84 Å². The Morgan fingerprint density at radius 2 is 2.00 bits per heavy atom. The van der Waals surface area contributed by atoms with Crippen LogP contribution in [0.25, 0.3) is 0 Å². The highest BCUT2D eigenvalue weighted by molar-refractivity contribution is 5.82. The summed E-state index contributed by atoms with van der Waals surface area (Å²) in [6, 6.07) is 0. The summed E-state index contributed by atoms with van der Waals surface area (Å²) in [5, 5.41) is 0. The summed E-state index contributed by atoms with van der Waals surface area (Å²) in [7, 11) is 0. The van der Waals surface area contributed by atoms with Gasteiger partial charge in [0.2, 0.25) is 0 Å². The first-order chi connectivity index (χ1) is 6.47. The monoisotopic (exact) mass is 210 g/mol. The predicted molar refractivity (Wildman–Crippen MR) is 47.6 cm³/mol. The van der Waals surface area contributed by atoms with Gasteiger partial charge >= 0.3 is 11.8 Å². The molecule has 0 radical (unpaired) electrons. The third-order valence-corrected chi connectivity index (χ3v) is 1.87. The third kappa shape index (κ3) is 3.97. The molecule has 1 amide bonds. The van der Waals surface area contributed by atoms with Crippen molar-refractivity contribution in [1.82, 2.24) is 5.43 Å². The molecule has 0 aromatic carbocycles. The number of ether oxygens (including phenoxy) is 1. The maximum absolute atomic E-state index is 12.8. The lowest BCUT2D eigenvalue weighted by atomic mass is 10.2. The van der Waals surface area contributed by atoms with Gasteiger partial charge in [-0.2, -0.15) is 8.78 Å². The second-order valence-corrected chi connectivity index (χ2v) is 2.93. The van der Waals surface area contributed by atoms with E-state index in [9.17, 15) is 13.6 Å². The normalized spacial score (nSPS) is 11.9. The van der Waals surface area contributed by atoms with Gasteiger partial charge in [0.15, 0.2) is 0 Å². The summed E-state index contributed by atoms with van der Waals surface area (Å²) in [5.74, 6) is -0.488. The number of alkyl halides is 2. The topological polar surface area (TPSA) is 64.3 Å². The lowest BCUT2D eigenvalue weighted by Gasteiger charge is -2.18. The Morgan fingerprint density at radius 3 is 2.36 bits per heavy atom. The molecule has 0 unspecified atom stereocenters. The fourth-order valence-electron chi connectivity index (χ4n) is 0.918. The molecule has 0 heterocycles. The summed E-state index contributed by atoms with van der Waals surface area (Å²) >= 11 is 0. The molecule has 0 aromatic heterocycles. The number of hydrazine groups is 1. The molecule has 0 saturated carbocycles. The standard InChI is InChI=1S/C8H16F2N2O2/c1-3-6(4-2)14-5-8(9,10)7(13)12-11/h6H,3-5,11H2,1-2H3,(H,12,13). The molecule has 84 valence electrons. The van der Waals surface area contributed by atoms with Gasteiger partial charge in [-0.1, -0.05) is 13.8 Å². The van der Waals surface area contributed by atoms with E-state index in [1.807, 2.05) is 13.8 Å². The second kappa shape index (κ2) is 5.87. The Labute approximate surface area is 81.8 Å². The van der Waals surface area contributed by atoms with Gasteiger partial charge in [-0.3, -0.25) is 10.2 Å². The number of hydrogen-bond acceptors (Lipinski definition) is 3. The Morgan fingerprint density at radius 1 is 1.50 bits per heavy atom. The van der Waals surface area contributed by atoms with Gasteiger partial charge in [-0.15, -0.1) is 0 Å². The second-order valence-electron chi connectivity index (χ2n) is 2.93. The molecule has 0 rings (SSSR count). The highest BCUT2D eigenvalue weighted by Gasteiger charge is 2.39. The van der Waals surface area contributed by atoms with E-state index in [0.29, 0.717) is 12.8 Å². The third-order valence-electron chi connectivity index (χ3n) is 1.87. The van der Waals surface area contributed by atoms with E-state index in [4.69, 9.17) is 4.74 Å². The fourth-order valence-corrected chi connectivity index (χ4v) is 0.918. The zero-order valence-electron chi connectivity index (χ0n) is 8.35. The van der Waals surface area contributed by atoms with Crippen LogP contribution >= 0.6 is 0 Å². The van der Waals surface area contributed by atoms with Crippen LogP contribution in [0.2, 0.25) is 0 Å². The highest BCUT2D eigenvalue weighted by Crippen LogP contribution is 2.16. The van der Waals surface area contributed by atoms with Crippen LogP contribution in [0, 0.1) is 0 Å². The zero-order valence-corrected chi connectivity index (χ0v) is 8.35. The summed E-state index contributed by atoms with van der Waals surface area (Å²) in [6.07, 6.45) is 1.03. The number of halogens is 2. The minimum absolute atomic E-state index is 0.244. The van der Waals surface area contributed by atoms with Crippen molar-refractivity contribution in [1.29, 1.82) is 0 Å². The number of nitrogens with two attached hydrogens (primary N) is 1. The molecule has 0 aromatic rings. The van der Waals surface area contributed by atoms with E-state index in [1.165, 1.54) is 5.43 Å². The molecule has 0 fully saturated rings. The minimum atomic E-state index is -3.56. The Hall–Kier alpha value is -0.750. The van der Waals surface area contributed by atoms with Gasteiger partial charge in [0.1, 0.15) is 6.61 Å². The van der Waals surface area contributed by atoms with Crippen molar-refractivity contribution in [3.63, 3.8) is 0 Å². The van der Waals surface area contributed by atoms with E-state index in [-0.39, 0.29) is 6.10 Å². The maximum Gasteiger partial charge on any atom is 0.348 e. The molecule has 0 aliphatic rings. The first-order valence-corrected chi connectivity index (χ1v) is 4.48. The molecule has 6 heteroatoms. The number of hydrogen-bond donors (Lipinski definition) is 2. The number of carbonyl (C=O) groups excluding carboxylic acids is 1. The number of amides is 1. The zero-order chi connectivity index (χ0) is 11.2. The fraction of sp³-hybridized carbons (Fsp3) is 0.875. The average molecular weight is 210 g/mol. The predicted octanol–water partition coefficient (Wildman–Crippen LogP) is 0.817. The lowest BCUT2D eigenvalue weighted by Crippen LogP contribution is -2.47. The Balaban J connectivity index is 4.03. The SMILES string of the molecule is CCC(CC)OCC(F)(F)C(=O)NN. The van der Waals surface area contributed by atoms with Gasteiger partial charge in [0, 0.05) is 0 Å². The molecule has 0 atom stereocenters. The van der Waals surface area contributed by atoms with Crippen LogP contribution in [0.15, 0.2) is 0 Å². The quantitative estimate of drug-likeness (QED) is 0.387. The molecular weight excluding hydrogens is 194 g/mol. The van der Waals surface area contributed by atoms with Crippen LogP contribution in [0.5, 0.6) is 0 Å². The van der Waals surface area contributed by atoms with Crippen molar-refractivity contribution in [3.8, 4) is 0 Å². The van der Waals surface area contributed by atoms with E-state index in [0.717, 1.165) is 0 Å². The minimum Gasteiger partial charge on any atom is -0.371 e. The lowest BCUT2D eigenvalue weighted by molar-refractivity contribution is -0.158. The number of carbonyl (C=O) groups is 1. The van der Waals surface area contributed by atoms with E-state index >= 15 is 0 Å². The molecule has 0 bridgehead atoms. The largest absolute Gasteiger partial charge is 0.371 e. The molecule has 0 aliphatic carbocycles. The highest BCUT2D eigenvalue weighted by atomic mass is 19.3. The first kappa shape index (κ1) is 13.2. The number of nitrogens with one attached hydrogen (secondary N) is 1.